The molecule has 0 fully saturated rings. The van der Waals surface area contributed by atoms with Crippen LogP contribution in [0.15, 0.2) is 36.4 Å². The molecule has 0 aliphatic carbocycles. The fourth-order valence-corrected chi connectivity index (χ4v) is 2.61. The maximum Gasteiger partial charge on any atom is 0.0496 e. The lowest BCUT2D eigenvalue weighted by molar-refractivity contribution is 0.204. The molecule has 0 aromatic heterocycles. The van der Waals surface area contributed by atoms with Crippen molar-refractivity contribution in [1.29, 1.82) is 0 Å². The number of benzene rings is 1. The molecule has 3 nitrogen and oxygen atoms in total. The van der Waals surface area contributed by atoms with Gasteiger partial charge in [0.25, 0.3) is 0 Å². The molecule has 118 valence electrons. The lowest BCUT2D eigenvalue weighted by atomic mass is 10.0. The second-order valence-corrected chi connectivity index (χ2v) is 5.31. The van der Waals surface area contributed by atoms with Crippen LogP contribution in [-0.2, 0) is 4.74 Å². The minimum atomic E-state index is 0.544. The number of hydrogen-bond donors (Lipinski definition) is 1. The van der Waals surface area contributed by atoms with E-state index in [4.69, 9.17) is 10.5 Å². The molecule has 1 aromatic rings. The van der Waals surface area contributed by atoms with Gasteiger partial charge in [0.15, 0.2) is 0 Å². The van der Waals surface area contributed by atoms with Gasteiger partial charge in [-0.3, -0.25) is 0 Å². The van der Waals surface area contributed by atoms with Crippen LogP contribution < -0.4 is 10.6 Å². The third-order valence-electron chi connectivity index (χ3n) is 3.69. The average Bonchev–Trinajstić information content (AvgIpc) is 2.49. The fourth-order valence-electron chi connectivity index (χ4n) is 2.61. The zero-order valence-corrected chi connectivity index (χ0v) is 13.7. The number of nitrogen functional groups attached to an aromatic ring is 1. The van der Waals surface area contributed by atoms with Crippen LogP contribution in [0.25, 0.3) is 0 Å². The fraction of sp³-hybridized carbons (Fsp3) is 0.556. The molecule has 1 atom stereocenters. The molecule has 0 aliphatic rings. The number of nitrogens with zero attached hydrogens (tertiary/aromatic N) is 1. The van der Waals surface area contributed by atoms with Gasteiger partial charge in [-0.05, 0) is 50.5 Å². The monoisotopic (exact) mass is 290 g/mol. The van der Waals surface area contributed by atoms with Crippen LogP contribution in [0, 0.1) is 0 Å². The van der Waals surface area contributed by atoms with Gasteiger partial charge in [0.05, 0.1) is 0 Å². The van der Waals surface area contributed by atoms with E-state index in [2.05, 4.69) is 43.0 Å². The topological polar surface area (TPSA) is 38.5 Å². The third kappa shape index (κ3) is 6.21. The highest BCUT2D eigenvalue weighted by Gasteiger charge is 2.15. The molecule has 2 N–H and O–H groups in total. The molecule has 3 heteroatoms. The summed E-state index contributed by atoms with van der Waals surface area (Å²) in [5, 5.41) is 0. The molecule has 0 saturated heterocycles. The Balaban J connectivity index is 2.70. The first-order valence-corrected chi connectivity index (χ1v) is 7.99. The molecule has 1 aromatic carbocycles. The summed E-state index contributed by atoms with van der Waals surface area (Å²) in [5.74, 6) is 0. The predicted octanol–water partition coefficient (Wildman–Crippen LogP) is 4.25. The Hall–Kier alpha value is -1.48. The van der Waals surface area contributed by atoms with Crippen LogP contribution >= 0.6 is 0 Å². The van der Waals surface area contributed by atoms with Crippen molar-refractivity contribution in [3.05, 3.63) is 36.4 Å². The van der Waals surface area contributed by atoms with E-state index in [1.807, 2.05) is 12.1 Å². The highest BCUT2D eigenvalue weighted by molar-refractivity contribution is 5.53. The maximum absolute atomic E-state index is 5.79. The summed E-state index contributed by atoms with van der Waals surface area (Å²) in [5.41, 5.74) is 7.87. The molecule has 1 rings (SSSR count). The first-order valence-electron chi connectivity index (χ1n) is 7.99. The number of nitrogens with two attached hydrogens (primary N) is 1. The highest BCUT2D eigenvalue weighted by Crippen LogP contribution is 2.22. The Bertz CT molecular complexity index is 400. The van der Waals surface area contributed by atoms with Gasteiger partial charge >= 0.3 is 0 Å². The van der Waals surface area contributed by atoms with E-state index in [0.29, 0.717) is 6.04 Å². The van der Waals surface area contributed by atoms with E-state index in [1.165, 1.54) is 18.5 Å². The first-order chi connectivity index (χ1) is 10.2. The largest absolute Gasteiger partial charge is 0.399 e. The minimum Gasteiger partial charge on any atom is -0.399 e. The second kappa shape index (κ2) is 10.3. The Morgan fingerprint density at radius 3 is 2.48 bits per heavy atom. The number of ether oxygens (including phenoxy) is 1. The van der Waals surface area contributed by atoms with Crippen LogP contribution in [-0.4, -0.2) is 26.3 Å². The van der Waals surface area contributed by atoms with Gasteiger partial charge < -0.3 is 15.4 Å². The number of methoxy groups -OCH3 is 1. The molecule has 0 amide bonds. The summed E-state index contributed by atoms with van der Waals surface area (Å²) >= 11 is 0. The molecular weight excluding hydrogens is 260 g/mol. The lowest BCUT2D eigenvalue weighted by Crippen LogP contribution is -2.34. The van der Waals surface area contributed by atoms with Crippen molar-refractivity contribution in [2.75, 3.05) is 30.9 Å². The normalized spacial score (nSPS) is 12.7. The van der Waals surface area contributed by atoms with Gasteiger partial charge in [-0.2, -0.15) is 0 Å². The van der Waals surface area contributed by atoms with Crippen molar-refractivity contribution in [3.63, 3.8) is 0 Å². The standard InChI is InChI=1S/C18H30N2O/c1-4-9-17(10-7-6-8-15-21-3)20(5-2)18-13-11-16(19)12-14-18/h6-7,11-14,17H,4-5,8-10,15,19H2,1-3H3/b7-6+/t17-/m0/s1. The van der Waals surface area contributed by atoms with Crippen molar-refractivity contribution in [2.24, 2.45) is 0 Å². The number of anilines is 2. The zero-order valence-electron chi connectivity index (χ0n) is 13.7. The summed E-state index contributed by atoms with van der Waals surface area (Å²) in [7, 11) is 1.74. The Morgan fingerprint density at radius 2 is 1.90 bits per heavy atom. The van der Waals surface area contributed by atoms with Crippen molar-refractivity contribution >= 4 is 11.4 Å². The molecule has 0 unspecified atom stereocenters. The van der Waals surface area contributed by atoms with Crippen LogP contribution in [0.3, 0.4) is 0 Å². The highest BCUT2D eigenvalue weighted by atomic mass is 16.5. The molecule has 0 radical (unpaired) electrons. The van der Waals surface area contributed by atoms with E-state index in [9.17, 15) is 0 Å². The number of rotatable bonds is 10. The van der Waals surface area contributed by atoms with E-state index < -0.39 is 0 Å². The van der Waals surface area contributed by atoms with Gasteiger partial charge in [0, 0.05) is 37.7 Å². The Labute approximate surface area is 129 Å². The first kappa shape index (κ1) is 17.6. The van der Waals surface area contributed by atoms with E-state index in [0.717, 1.165) is 31.7 Å². The summed E-state index contributed by atoms with van der Waals surface area (Å²) in [6, 6.07) is 8.75. The summed E-state index contributed by atoms with van der Waals surface area (Å²) < 4.78 is 5.07. The van der Waals surface area contributed by atoms with Gasteiger partial charge in [0.2, 0.25) is 0 Å². The average molecular weight is 290 g/mol. The van der Waals surface area contributed by atoms with Gasteiger partial charge in [-0.1, -0.05) is 25.5 Å². The predicted molar refractivity (Wildman–Crippen MR) is 92.8 cm³/mol. The van der Waals surface area contributed by atoms with E-state index >= 15 is 0 Å². The van der Waals surface area contributed by atoms with Gasteiger partial charge in [-0.25, -0.2) is 0 Å². The molecule has 0 saturated carbocycles. The molecule has 0 aliphatic heterocycles. The van der Waals surface area contributed by atoms with E-state index in [-0.39, 0.29) is 0 Å². The Kier molecular flexibility index (Phi) is 8.60. The quantitative estimate of drug-likeness (QED) is 0.398. The summed E-state index contributed by atoms with van der Waals surface area (Å²) in [6.45, 7) is 6.27. The molecule has 21 heavy (non-hydrogen) atoms. The van der Waals surface area contributed by atoms with Gasteiger partial charge in [0.1, 0.15) is 0 Å². The zero-order chi connectivity index (χ0) is 15.5. The molecule has 0 heterocycles. The molecule has 0 spiro atoms. The SMILES string of the molecule is CCC[C@@H](C/C=C/CCOC)N(CC)c1ccc(N)cc1. The maximum atomic E-state index is 5.79. The van der Waals surface area contributed by atoms with Crippen LogP contribution in [0.1, 0.15) is 39.5 Å². The van der Waals surface area contributed by atoms with Crippen molar-refractivity contribution in [3.8, 4) is 0 Å². The van der Waals surface area contributed by atoms with Crippen LogP contribution in [0.4, 0.5) is 11.4 Å². The van der Waals surface area contributed by atoms with Crippen molar-refractivity contribution in [2.45, 2.75) is 45.6 Å². The minimum absolute atomic E-state index is 0.544. The van der Waals surface area contributed by atoms with Crippen LogP contribution in [0.2, 0.25) is 0 Å². The third-order valence-corrected chi connectivity index (χ3v) is 3.69. The summed E-state index contributed by atoms with van der Waals surface area (Å²) in [6.07, 6.45) is 8.98. The summed E-state index contributed by atoms with van der Waals surface area (Å²) in [4.78, 5) is 2.48. The molecule has 0 bridgehead atoms. The molecular formula is C18H30N2O. The van der Waals surface area contributed by atoms with Crippen molar-refractivity contribution in [1.82, 2.24) is 0 Å². The van der Waals surface area contributed by atoms with Crippen LogP contribution in [0.5, 0.6) is 0 Å². The second-order valence-electron chi connectivity index (χ2n) is 5.31. The van der Waals surface area contributed by atoms with E-state index in [1.54, 1.807) is 7.11 Å². The smallest absolute Gasteiger partial charge is 0.0496 e. The Morgan fingerprint density at radius 1 is 1.19 bits per heavy atom. The van der Waals surface area contributed by atoms with Crippen molar-refractivity contribution < 1.29 is 4.74 Å². The lowest BCUT2D eigenvalue weighted by Gasteiger charge is -2.32. The van der Waals surface area contributed by atoms with Gasteiger partial charge in [-0.15, -0.1) is 0 Å². The number of hydrogen-bond acceptors (Lipinski definition) is 3.